The highest BCUT2D eigenvalue weighted by Crippen LogP contribution is 2.33. The zero-order valence-electron chi connectivity index (χ0n) is 79.7. The predicted octanol–water partition coefficient (Wildman–Crippen LogP) is 17.5. The number of aliphatic hydroxyl groups is 1. The number of aromatic nitrogens is 12. The van der Waals surface area contributed by atoms with Crippen molar-refractivity contribution in [1.29, 1.82) is 0 Å². The summed E-state index contributed by atoms with van der Waals surface area (Å²) >= 11 is 17.9. The van der Waals surface area contributed by atoms with Crippen LogP contribution in [0.1, 0.15) is 106 Å². The lowest BCUT2D eigenvalue weighted by molar-refractivity contribution is -0.132. The molecule has 5 aliphatic heterocycles. The van der Waals surface area contributed by atoms with Gasteiger partial charge in [-0.25, -0.2) is 53.9 Å². The molecule has 10 aromatic rings. The van der Waals surface area contributed by atoms with Crippen LogP contribution in [0, 0.1) is 5.82 Å². The van der Waals surface area contributed by atoms with Gasteiger partial charge in [-0.2, -0.15) is 0 Å². The number of benzene rings is 2. The standard InChI is InChI=1S/C25H33Cl2N5O3Si.C22H36N4O4Si.C19H19ClFN5O2.C17H28N4O2Si.C10H19NO3/c1-36(2,3)10-9-34-17-32-8-6-22-24(32)29-16-30-25(22)35-21-5-4-7-31(15-21)23(33)14-28-20-12-18(26)11-19(27)13-20;1-22(2,3)30-21(27)25-10-7-8-17(14-25)29-20-18-9-11-26(19(18)23-15-24-20)16-28-12-13-31(4,5)6;20-12-6-13(21)8-14(7-12)23-9-17(27)26-5-1-2-15(10-26)28-19-16-3-4-22-18(16)24-11-25-19;1-24(2,3)10-9-22-13-21-8-6-15-16(21)19-12-20-17(15)23-14-5-4-7-18-11-14;1-10(2,3)14-9(13)11-6-4-5-8(12)7-11/h6,8,11-13,16,21,28H,4-5,7,9-10,14-15,17H2,1-3H3;9,11,15,17H,7-8,10,12-14,16H2,1-6H3;3-4,6-8,11,15,23H,1-2,5,9-10H2,(H,22,24,25);6,8,12,14,18H,4-5,7,9-11,13H2,1-3H3;8,12H,4-7H2,1-3H3/t21-;17-;15-;14-;8-/m11111/s1. The quantitative estimate of drug-likeness (QED) is 0.0215. The molecule has 40 heteroatoms. The molecule has 0 radical (unpaired) electrons. The van der Waals surface area contributed by atoms with Gasteiger partial charge in [0, 0.05) is 135 Å². The minimum absolute atomic E-state index is 0.00569. The molecule has 4 amide bonds. The number of anilines is 2. The molecular weight excluding hydrogens is 1820 g/mol. The number of aliphatic hydroxyl groups excluding tert-OH is 1. The summed E-state index contributed by atoms with van der Waals surface area (Å²) in [5.41, 5.74) is 3.37. The van der Waals surface area contributed by atoms with Gasteiger partial charge in [-0.05, 0) is 191 Å². The monoisotopic (exact) mass is 1950 g/mol. The molecule has 133 heavy (non-hydrogen) atoms. The maximum Gasteiger partial charge on any atom is 0.410 e. The number of hydrogen-bond acceptors (Lipinski definition) is 25. The third-order valence-corrected chi connectivity index (χ3v) is 27.8. The van der Waals surface area contributed by atoms with Crippen molar-refractivity contribution in [2.75, 3.05) is 109 Å². The number of carbonyl (C=O) groups is 4. The molecule has 5 fully saturated rings. The summed E-state index contributed by atoms with van der Waals surface area (Å²) < 4.78 is 72.3. The molecule has 726 valence electrons. The molecule has 2 aromatic carbocycles. The van der Waals surface area contributed by atoms with Gasteiger partial charge in [-0.15, -0.1) is 0 Å². The molecule has 0 bridgehead atoms. The zero-order chi connectivity index (χ0) is 95.6. The highest BCUT2D eigenvalue weighted by molar-refractivity contribution is 6.76. The third-order valence-electron chi connectivity index (χ3n) is 22.1. The number of carbonyl (C=O) groups excluding carboxylic acids is 4. The molecule has 0 aliphatic carbocycles. The number of likely N-dealkylation sites (tertiary alicyclic amines) is 4. The van der Waals surface area contributed by atoms with Crippen molar-refractivity contribution in [2.45, 2.75) is 245 Å². The van der Waals surface area contributed by atoms with Gasteiger partial charge in [0.1, 0.15) is 110 Å². The van der Waals surface area contributed by atoms with Crippen molar-refractivity contribution in [2.24, 2.45) is 0 Å². The first-order valence-corrected chi connectivity index (χ1v) is 58.3. The molecule has 0 unspecified atom stereocenters. The molecule has 5 atom stereocenters. The second-order valence-electron chi connectivity index (χ2n) is 39.7. The average molecular weight is 1950 g/mol. The normalized spacial score (nSPS) is 18.0. The second-order valence-corrected chi connectivity index (χ2v) is 57.8. The van der Waals surface area contributed by atoms with E-state index in [0.29, 0.717) is 123 Å². The van der Waals surface area contributed by atoms with E-state index in [1.165, 1.54) is 37.2 Å². The Bertz CT molecular complexity index is 5370. The Hall–Kier alpha value is -9.55. The van der Waals surface area contributed by atoms with E-state index in [0.717, 1.165) is 148 Å². The molecule has 0 spiro atoms. The number of amides is 4. The molecule has 8 aromatic heterocycles. The SMILES string of the molecule is CC(C)(C)OC(=O)N1CCC[C@@H](O)C1.CC(C)(C)OC(=O)N1CCC[C@@H](Oc2ncnc3c2ccn3COCC[Si](C)(C)C)C1.C[Si](C)(C)CCOCn1ccc2c(O[C@@H]3CCCN(C(=O)CNc4cc(Cl)cc(Cl)c4)C3)ncnc21.C[Si](C)(C)CCOCn1ccc2c(O[C@@H]3CCCNC3)ncnc21.O=C(CNc1cc(F)cc(Cl)c1)N1CCC[C@@H](Oc2ncnc3[nH]ccc23)C1. The van der Waals surface area contributed by atoms with Crippen LogP contribution in [0.25, 0.3) is 44.1 Å². The van der Waals surface area contributed by atoms with Gasteiger partial charge in [0.05, 0.1) is 60.4 Å². The number of hydrogen-bond donors (Lipinski definition) is 5. The first-order valence-electron chi connectivity index (χ1n) is 46.1. The van der Waals surface area contributed by atoms with Gasteiger partial charge in [0.25, 0.3) is 0 Å². The number of β-amino-alcohol motifs (C(OH)–C–C–N with tert-alkyl or cyclic N) is 1. The van der Waals surface area contributed by atoms with Gasteiger partial charge in [0.2, 0.25) is 35.3 Å². The van der Waals surface area contributed by atoms with Crippen molar-refractivity contribution < 1.29 is 71.3 Å². The van der Waals surface area contributed by atoms with E-state index < -0.39 is 47.3 Å². The Balaban J connectivity index is 0.000000164. The van der Waals surface area contributed by atoms with E-state index in [1.54, 1.807) is 51.5 Å². The first kappa shape index (κ1) is 104. The summed E-state index contributed by atoms with van der Waals surface area (Å²) in [6, 6.07) is 20.5. The van der Waals surface area contributed by atoms with Gasteiger partial charge in [-0.3, -0.25) is 9.59 Å². The van der Waals surface area contributed by atoms with Crippen molar-refractivity contribution in [3.05, 3.63) is 132 Å². The summed E-state index contributed by atoms with van der Waals surface area (Å²) in [5.74, 6) is 1.73. The maximum absolute atomic E-state index is 13.4. The Kier molecular flexibility index (Phi) is 38.1. The predicted molar refractivity (Wildman–Crippen MR) is 525 cm³/mol. The van der Waals surface area contributed by atoms with Crippen LogP contribution in [0.15, 0.2) is 111 Å². The van der Waals surface area contributed by atoms with Gasteiger partial charge < -0.3 is 102 Å². The van der Waals surface area contributed by atoms with Crippen LogP contribution >= 0.6 is 34.8 Å². The van der Waals surface area contributed by atoms with Crippen LogP contribution in [0.2, 0.25) is 92.1 Å². The number of fused-ring (bicyclic) bond motifs is 4. The van der Waals surface area contributed by atoms with Crippen LogP contribution in [0.3, 0.4) is 0 Å². The van der Waals surface area contributed by atoms with E-state index in [1.807, 2.05) is 103 Å². The van der Waals surface area contributed by atoms with Crippen LogP contribution < -0.4 is 34.9 Å². The molecule has 5 saturated heterocycles. The van der Waals surface area contributed by atoms with E-state index in [4.69, 9.17) is 77.4 Å². The molecular formula is C93H135Cl3FN19O14Si3. The van der Waals surface area contributed by atoms with Gasteiger partial charge in [-0.1, -0.05) is 93.7 Å². The molecule has 5 N–H and O–H groups in total. The van der Waals surface area contributed by atoms with Crippen molar-refractivity contribution >= 4 is 139 Å². The molecule has 5 aliphatic rings. The highest BCUT2D eigenvalue weighted by Gasteiger charge is 2.33. The number of rotatable bonds is 29. The lowest BCUT2D eigenvalue weighted by atomic mass is 10.1. The molecule has 13 heterocycles. The van der Waals surface area contributed by atoms with E-state index in [2.05, 4.69) is 120 Å². The number of ether oxygens (including phenoxy) is 9. The van der Waals surface area contributed by atoms with Crippen molar-refractivity contribution in [3.63, 3.8) is 0 Å². The Morgan fingerprint density at radius 3 is 1.23 bits per heavy atom. The summed E-state index contributed by atoms with van der Waals surface area (Å²) in [6.07, 6.45) is 21.5. The van der Waals surface area contributed by atoms with E-state index in [-0.39, 0.29) is 66.5 Å². The van der Waals surface area contributed by atoms with Crippen LogP contribution in [-0.4, -0.2) is 272 Å². The first-order chi connectivity index (χ1) is 63.2. The minimum atomic E-state index is -1.13. The summed E-state index contributed by atoms with van der Waals surface area (Å²) in [5, 5.41) is 23.6. The van der Waals surface area contributed by atoms with Crippen LogP contribution in [0.5, 0.6) is 23.5 Å². The third kappa shape index (κ3) is 34.3. The molecule has 15 rings (SSSR count). The Labute approximate surface area is 797 Å². The molecule has 0 saturated carbocycles. The zero-order valence-corrected chi connectivity index (χ0v) is 84.9. The molecule has 33 nitrogen and oxygen atoms in total. The summed E-state index contributed by atoms with van der Waals surface area (Å²) in [7, 11) is -3.29. The largest absolute Gasteiger partial charge is 0.472 e. The van der Waals surface area contributed by atoms with E-state index >= 15 is 0 Å². The highest BCUT2D eigenvalue weighted by atomic mass is 35.5. The fourth-order valence-corrected chi connectivity index (χ4v) is 18.1. The smallest absolute Gasteiger partial charge is 0.410 e. The number of H-pyrrole nitrogens is 1. The van der Waals surface area contributed by atoms with Gasteiger partial charge >= 0.3 is 12.2 Å². The fraction of sp³-hybridized carbons (Fsp3) is 0.570. The summed E-state index contributed by atoms with van der Waals surface area (Å²) in [6.45, 7) is 42.7. The maximum atomic E-state index is 13.4. The Morgan fingerprint density at radius 2 is 0.827 bits per heavy atom. The second kappa shape index (κ2) is 48.8. The van der Waals surface area contributed by atoms with Crippen molar-refractivity contribution in [3.8, 4) is 23.5 Å². The number of aromatic amines is 1. The van der Waals surface area contributed by atoms with Crippen LogP contribution in [-0.2, 0) is 53.5 Å². The number of nitrogens with zero attached hydrogens (tertiary/aromatic N) is 15. The lowest BCUT2D eigenvalue weighted by Gasteiger charge is -2.34. The topological polar surface area (TPSA) is 354 Å². The number of nitrogens with one attached hydrogen (secondary N) is 4. The average Bonchev–Trinajstić information content (AvgIpc) is 1.68. The fourth-order valence-electron chi connectivity index (χ4n) is 15.0. The van der Waals surface area contributed by atoms with Gasteiger partial charge in [0.15, 0.2) is 0 Å². The number of halogens is 4. The lowest BCUT2D eigenvalue weighted by Crippen LogP contribution is -2.46. The van der Waals surface area contributed by atoms with E-state index in [9.17, 15) is 28.7 Å². The van der Waals surface area contributed by atoms with Crippen molar-refractivity contribution in [1.82, 2.24) is 83.5 Å². The summed E-state index contributed by atoms with van der Waals surface area (Å²) in [4.78, 5) is 94.0. The number of piperidine rings is 5. The minimum Gasteiger partial charge on any atom is -0.472 e. The Morgan fingerprint density at radius 1 is 0.459 bits per heavy atom. The van der Waals surface area contributed by atoms with Crippen LogP contribution in [0.4, 0.5) is 25.4 Å².